The number of pyridine rings is 1. The van der Waals surface area contributed by atoms with Crippen LogP contribution in [-0.2, 0) is 14.8 Å². The van der Waals surface area contributed by atoms with E-state index in [2.05, 4.69) is 15.5 Å². The fraction of sp³-hybridized carbons (Fsp3) is 0.0500. The zero-order valence-corrected chi connectivity index (χ0v) is 17.8. The number of benzene rings is 2. The number of hydrazone groups is 1. The Kier molecular flexibility index (Phi) is 7.04. The van der Waals surface area contributed by atoms with E-state index in [-0.39, 0.29) is 20.6 Å². The molecule has 1 heterocycles. The van der Waals surface area contributed by atoms with Crippen molar-refractivity contribution in [1.82, 2.24) is 10.4 Å². The summed E-state index contributed by atoms with van der Waals surface area (Å²) in [5.74, 6) is -0.647. The van der Waals surface area contributed by atoms with Gasteiger partial charge in [0.25, 0.3) is 15.9 Å². The van der Waals surface area contributed by atoms with E-state index in [1.165, 1.54) is 36.5 Å². The maximum Gasteiger partial charge on any atom is 0.264 e. The predicted octanol–water partition coefficient (Wildman–Crippen LogP) is 3.73. The summed E-state index contributed by atoms with van der Waals surface area (Å²) >= 11 is 12.1. The van der Waals surface area contributed by atoms with Crippen LogP contribution in [0.2, 0.25) is 10.0 Å². The fourth-order valence-corrected chi connectivity index (χ4v) is 4.46. The van der Waals surface area contributed by atoms with Gasteiger partial charge in [-0.1, -0.05) is 47.5 Å². The summed E-state index contributed by atoms with van der Waals surface area (Å²) in [6.07, 6.45) is 4.57. The van der Waals surface area contributed by atoms with E-state index in [0.717, 1.165) is 4.31 Å². The third-order valence-electron chi connectivity index (χ3n) is 3.84. The number of hydrogen-bond acceptors (Lipinski definition) is 5. The van der Waals surface area contributed by atoms with Gasteiger partial charge in [-0.2, -0.15) is 5.10 Å². The molecule has 2 aromatic carbocycles. The topological polar surface area (TPSA) is 91.7 Å². The molecule has 0 saturated heterocycles. The Bertz CT molecular complexity index is 1140. The number of carbonyl (C=O) groups is 1. The molecule has 0 unspecified atom stereocenters. The minimum absolute atomic E-state index is 0.0211. The van der Waals surface area contributed by atoms with E-state index in [1.54, 1.807) is 42.7 Å². The van der Waals surface area contributed by atoms with Crippen LogP contribution >= 0.6 is 23.2 Å². The highest BCUT2D eigenvalue weighted by Crippen LogP contribution is 2.29. The molecule has 0 aliphatic carbocycles. The Labute approximate surface area is 184 Å². The number of hydrogen-bond donors (Lipinski definition) is 1. The number of nitrogens with zero attached hydrogens (tertiary/aromatic N) is 3. The van der Waals surface area contributed by atoms with E-state index in [9.17, 15) is 13.2 Å². The summed E-state index contributed by atoms with van der Waals surface area (Å²) in [7, 11) is -4.07. The molecule has 0 saturated carbocycles. The lowest BCUT2D eigenvalue weighted by atomic mass is 10.3. The predicted molar refractivity (Wildman–Crippen MR) is 117 cm³/mol. The van der Waals surface area contributed by atoms with Crippen LogP contribution in [0.5, 0.6) is 0 Å². The van der Waals surface area contributed by atoms with Crippen molar-refractivity contribution in [1.29, 1.82) is 0 Å². The van der Waals surface area contributed by atoms with Crippen molar-refractivity contribution in [2.24, 2.45) is 5.10 Å². The van der Waals surface area contributed by atoms with Crippen LogP contribution in [0.15, 0.2) is 83.1 Å². The molecule has 0 spiro atoms. The lowest BCUT2D eigenvalue weighted by Gasteiger charge is -2.24. The van der Waals surface area contributed by atoms with Gasteiger partial charge in [0.1, 0.15) is 6.54 Å². The lowest BCUT2D eigenvalue weighted by Crippen LogP contribution is -2.39. The highest BCUT2D eigenvalue weighted by atomic mass is 35.5. The van der Waals surface area contributed by atoms with Crippen molar-refractivity contribution in [2.45, 2.75) is 4.90 Å². The molecular formula is C20H16Cl2N4O3S. The van der Waals surface area contributed by atoms with Gasteiger partial charge in [-0.25, -0.2) is 13.8 Å². The van der Waals surface area contributed by atoms with Crippen molar-refractivity contribution >= 4 is 51.0 Å². The largest absolute Gasteiger partial charge is 0.271 e. The van der Waals surface area contributed by atoms with E-state index in [1.807, 2.05) is 0 Å². The summed E-state index contributed by atoms with van der Waals surface area (Å²) in [4.78, 5) is 16.4. The Morgan fingerprint density at radius 3 is 2.40 bits per heavy atom. The van der Waals surface area contributed by atoms with Crippen molar-refractivity contribution in [3.05, 3.63) is 88.7 Å². The standard InChI is InChI=1S/C20H16Cl2N4O3S/c21-16-9-17(22)11-18(10-16)26(30(28,29)19-6-2-1-3-7-19)14-20(27)25-24-13-15-5-4-8-23-12-15/h1-13H,14H2,(H,25,27)/b24-13-. The quantitative estimate of drug-likeness (QED) is 0.427. The fourth-order valence-electron chi connectivity index (χ4n) is 2.51. The average molecular weight is 463 g/mol. The monoisotopic (exact) mass is 462 g/mol. The van der Waals surface area contributed by atoms with Crippen molar-refractivity contribution in [2.75, 3.05) is 10.8 Å². The SMILES string of the molecule is O=C(CN(c1cc(Cl)cc(Cl)c1)S(=O)(=O)c1ccccc1)N/N=C\c1cccnc1. The summed E-state index contributed by atoms with van der Waals surface area (Å²) in [6, 6.07) is 15.5. The number of sulfonamides is 1. The smallest absolute Gasteiger partial charge is 0.264 e. The van der Waals surface area contributed by atoms with E-state index in [4.69, 9.17) is 23.2 Å². The molecule has 0 atom stereocenters. The van der Waals surface area contributed by atoms with Gasteiger partial charge in [0.2, 0.25) is 0 Å². The maximum absolute atomic E-state index is 13.2. The first-order chi connectivity index (χ1) is 14.4. The zero-order chi connectivity index (χ0) is 21.6. The number of nitrogens with one attached hydrogen (secondary N) is 1. The molecule has 1 N–H and O–H groups in total. The second-order valence-electron chi connectivity index (χ2n) is 6.03. The molecule has 0 aliphatic rings. The van der Waals surface area contributed by atoms with Crippen LogP contribution < -0.4 is 9.73 Å². The first-order valence-electron chi connectivity index (χ1n) is 8.62. The molecule has 0 fully saturated rings. The van der Waals surface area contributed by atoms with E-state index >= 15 is 0 Å². The van der Waals surface area contributed by atoms with Gasteiger partial charge < -0.3 is 0 Å². The molecule has 1 amide bonds. The van der Waals surface area contributed by atoms with Gasteiger partial charge >= 0.3 is 0 Å². The summed E-state index contributed by atoms with van der Waals surface area (Å²) < 4.78 is 27.3. The van der Waals surface area contributed by atoms with Crippen LogP contribution in [-0.4, -0.2) is 32.1 Å². The normalized spacial score (nSPS) is 11.4. The molecule has 154 valence electrons. The van der Waals surface area contributed by atoms with Crippen LogP contribution in [0.4, 0.5) is 5.69 Å². The maximum atomic E-state index is 13.2. The first-order valence-corrected chi connectivity index (χ1v) is 10.8. The number of carbonyl (C=O) groups excluding carboxylic acids is 1. The van der Waals surface area contributed by atoms with Gasteiger partial charge in [-0.05, 0) is 36.4 Å². The van der Waals surface area contributed by atoms with Crippen LogP contribution in [0, 0.1) is 0 Å². The Morgan fingerprint density at radius 2 is 1.77 bits per heavy atom. The third kappa shape index (κ3) is 5.56. The summed E-state index contributed by atoms with van der Waals surface area (Å²) in [5.41, 5.74) is 3.14. The molecule has 0 radical (unpaired) electrons. The Balaban J connectivity index is 1.88. The van der Waals surface area contributed by atoms with Crippen molar-refractivity contribution in [3.8, 4) is 0 Å². The number of aromatic nitrogens is 1. The number of anilines is 1. The van der Waals surface area contributed by atoms with Crippen LogP contribution in [0.3, 0.4) is 0 Å². The Hall–Kier alpha value is -2.94. The van der Waals surface area contributed by atoms with Gasteiger partial charge in [0.05, 0.1) is 16.8 Å². The second-order valence-corrected chi connectivity index (χ2v) is 8.77. The van der Waals surface area contributed by atoms with Crippen molar-refractivity contribution < 1.29 is 13.2 Å². The number of rotatable bonds is 7. The van der Waals surface area contributed by atoms with E-state index in [0.29, 0.717) is 5.56 Å². The number of amides is 1. The molecule has 7 nitrogen and oxygen atoms in total. The van der Waals surface area contributed by atoms with Gasteiger partial charge in [-0.3, -0.25) is 14.1 Å². The lowest BCUT2D eigenvalue weighted by molar-refractivity contribution is -0.119. The second kappa shape index (κ2) is 9.71. The molecule has 3 rings (SSSR count). The summed E-state index contributed by atoms with van der Waals surface area (Å²) in [6.45, 7) is -0.529. The molecular weight excluding hydrogens is 447 g/mol. The highest BCUT2D eigenvalue weighted by Gasteiger charge is 2.27. The molecule has 1 aromatic heterocycles. The minimum atomic E-state index is -4.07. The van der Waals surface area contributed by atoms with Gasteiger partial charge in [0.15, 0.2) is 0 Å². The van der Waals surface area contributed by atoms with Crippen LogP contribution in [0.1, 0.15) is 5.56 Å². The molecule has 0 aliphatic heterocycles. The first kappa shape index (κ1) is 21.8. The third-order valence-corrected chi connectivity index (χ3v) is 6.07. The van der Waals surface area contributed by atoms with Crippen molar-refractivity contribution in [3.63, 3.8) is 0 Å². The van der Waals surface area contributed by atoms with E-state index < -0.39 is 22.5 Å². The highest BCUT2D eigenvalue weighted by molar-refractivity contribution is 7.92. The molecule has 0 bridgehead atoms. The Morgan fingerprint density at radius 1 is 1.07 bits per heavy atom. The zero-order valence-electron chi connectivity index (χ0n) is 15.4. The molecule has 30 heavy (non-hydrogen) atoms. The molecule has 10 heteroatoms. The summed E-state index contributed by atoms with van der Waals surface area (Å²) in [5, 5.41) is 4.31. The van der Waals surface area contributed by atoms with Gasteiger partial charge in [0, 0.05) is 28.0 Å². The molecule has 3 aromatic rings. The van der Waals surface area contributed by atoms with Gasteiger partial charge in [-0.15, -0.1) is 0 Å². The number of halogens is 2. The van der Waals surface area contributed by atoms with Crippen LogP contribution in [0.25, 0.3) is 0 Å². The minimum Gasteiger partial charge on any atom is -0.271 e. The average Bonchev–Trinajstić information content (AvgIpc) is 2.72.